The molecule has 1 aliphatic rings. The first-order valence-electron chi connectivity index (χ1n) is 7.30. The quantitative estimate of drug-likeness (QED) is 0.873. The van der Waals surface area contributed by atoms with E-state index in [9.17, 15) is 4.79 Å². The van der Waals surface area contributed by atoms with Crippen molar-refractivity contribution in [1.82, 2.24) is 0 Å². The molecule has 0 aliphatic carbocycles. The van der Waals surface area contributed by atoms with Crippen LogP contribution in [0.3, 0.4) is 0 Å². The van der Waals surface area contributed by atoms with Crippen molar-refractivity contribution < 1.29 is 19.4 Å². The molecule has 2 unspecified atom stereocenters. The van der Waals surface area contributed by atoms with Gasteiger partial charge in [0.05, 0.1) is 24.5 Å². The number of carboxylic acid groups (broad SMARTS) is 1. The molecule has 1 saturated heterocycles. The van der Waals surface area contributed by atoms with E-state index >= 15 is 0 Å². The fourth-order valence-electron chi connectivity index (χ4n) is 2.60. The summed E-state index contributed by atoms with van der Waals surface area (Å²) < 4.78 is 11.1. The summed E-state index contributed by atoms with van der Waals surface area (Å²) in [6, 6.07) is 5.13. The fraction of sp³-hybridized carbons (Fsp3) is 0.562. The van der Waals surface area contributed by atoms with E-state index in [0.29, 0.717) is 11.7 Å². The molecule has 0 bridgehead atoms. The number of carbonyl (C=O) groups is 1. The van der Waals surface area contributed by atoms with Crippen LogP contribution in [-0.4, -0.2) is 36.9 Å². The fourth-order valence-corrected chi connectivity index (χ4v) is 2.60. The molecular weight excluding hydrogens is 270 g/mol. The number of ether oxygens (including phenoxy) is 2. The maximum absolute atomic E-state index is 11.1. The number of methoxy groups -OCH3 is 1. The van der Waals surface area contributed by atoms with Crippen molar-refractivity contribution in [3.63, 3.8) is 0 Å². The maximum atomic E-state index is 11.1. The Morgan fingerprint density at radius 2 is 2.24 bits per heavy atom. The summed E-state index contributed by atoms with van der Waals surface area (Å²) >= 11 is 0. The van der Waals surface area contributed by atoms with Crippen LogP contribution in [0.1, 0.15) is 37.0 Å². The van der Waals surface area contributed by atoms with Crippen molar-refractivity contribution in [2.45, 2.75) is 38.8 Å². The third kappa shape index (κ3) is 3.88. The Balaban J connectivity index is 2.14. The standard InChI is InChI=1S/C16H23NO4/c1-10(2)15-9-12(6-7-21-15)17-13-8-11(16(18)19)4-5-14(13)20-3/h4-5,8,10,12,15,17H,6-7,9H2,1-3H3,(H,18,19). The highest BCUT2D eigenvalue weighted by atomic mass is 16.5. The average molecular weight is 293 g/mol. The molecule has 1 aromatic carbocycles. The van der Waals surface area contributed by atoms with E-state index in [1.54, 1.807) is 25.3 Å². The second kappa shape index (κ2) is 6.80. The predicted molar refractivity (Wildman–Crippen MR) is 81.2 cm³/mol. The van der Waals surface area contributed by atoms with E-state index in [0.717, 1.165) is 25.1 Å². The maximum Gasteiger partial charge on any atom is 0.335 e. The summed E-state index contributed by atoms with van der Waals surface area (Å²) in [7, 11) is 1.59. The number of benzene rings is 1. The van der Waals surface area contributed by atoms with E-state index in [2.05, 4.69) is 19.2 Å². The van der Waals surface area contributed by atoms with Gasteiger partial charge in [0.2, 0.25) is 0 Å². The first kappa shape index (κ1) is 15.6. The summed E-state index contributed by atoms with van der Waals surface area (Å²) in [6.07, 6.45) is 2.06. The zero-order valence-corrected chi connectivity index (χ0v) is 12.8. The lowest BCUT2D eigenvalue weighted by atomic mass is 9.95. The van der Waals surface area contributed by atoms with Crippen molar-refractivity contribution in [1.29, 1.82) is 0 Å². The molecule has 116 valence electrons. The molecule has 0 spiro atoms. The van der Waals surface area contributed by atoms with Gasteiger partial charge in [-0.25, -0.2) is 4.79 Å². The molecule has 0 saturated carbocycles. The first-order chi connectivity index (χ1) is 10.0. The van der Waals surface area contributed by atoms with E-state index < -0.39 is 5.97 Å². The summed E-state index contributed by atoms with van der Waals surface area (Å²) in [5.41, 5.74) is 0.984. The number of carboxylic acids is 1. The highest BCUT2D eigenvalue weighted by Crippen LogP contribution is 2.29. The Bertz CT molecular complexity index is 501. The van der Waals surface area contributed by atoms with Gasteiger partial charge in [0.15, 0.2) is 0 Å². The van der Waals surface area contributed by atoms with Crippen LogP contribution >= 0.6 is 0 Å². The first-order valence-corrected chi connectivity index (χ1v) is 7.30. The molecule has 5 heteroatoms. The van der Waals surface area contributed by atoms with Crippen molar-refractivity contribution in [3.05, 3.63) is 23.8 Å². The van der Waals surface area contributed by atoms with Gasteiger partial charge in [-0.2, -0.15) is 0 Å². The average Bonchev–Trinajstić information content (AvgIpc) is 2.47. The summed E-state index contributed by atoms with van der Waals surface area (Å²) in [6.45, 7) is 5.03. The molecule has 21 heavy (non-hydrogen) atoms. The third-order valence-corrected chi connectivity index (χ3v) is 3.86. The van der Waals surface area contributed by atoms with Crippen LogP contribution in [0.4, 0.5) is 5.69 Å². The normalized spacial score (nSPS) is 22.1. The van der Waals surface area contributed by atoms with Crippen LogP contribution in [-0.2, 0) is 4.74 Å². The van der Waals surface area contributed by atoms with E-state index in [1.165, 1.54) is 0 Å². The van der Waals surface area contributed by atoms with Gasteiger partial charge in [-0.1, -0.05) is 13.8 Å². The van der Waals surface area contributed by atoms with E-state index in [4.69, 9.17) is 14.6 Å². The highest BCUT2D eigenvalue weighted by molar-refractivity contribution is 5.89. The van der Waals surface area contributed by atoms with Gasteiger partial charge < -0.3 is 19.9 Å². The van der Waals surface area contributed by atoms with Crippen LogP contribution in [0, 0.1) is 5.92 Å². The lowest BCUT2D eigenvalue weighted by Crippen LogP contribution is -2.36. The molecule has 2 atom stereocenters. The molecule has 2 rings (SSSR count). The van der Waals surface area contributed by atoms with Gasteiger partial charge in [0, 0.05) is 12.6 Å². The molecule has 0 radical (unpaired) electrons. The number of hydrogen-bond acceptors (Lipinski definition) is 4. The Morgan fingerprint density at radius 3 is 2.86 bits per heavy atom. The Morgan fingerprint density at radius 1 is 1.48 bits per heavy atom. The molecule has 1 aromatic rings. The van der Waals surface area contributed by atoms with Gasteiger partial charge in [-0.3, -0.25) is 0 Å². The minimum atomic E-state index is -0.937. The number of nitrogens with one attached hydrogen (secondary N) is 1. The van der Waals surface area contributed by atoms with Crippen molar-refractivity contribution in [2.75, 3.05) is 19.0 Å². The topological polar surface area (TPSA) is 67.8 Å². The lowest BCUT2D eigenvalue weighted by Gasteiger charge is -2.33. The smallest absolute Gasteiger partial charge is 0.335 e. The summed E-state index contributed by atoms with van der Waals surface area (Å²) in [5, 5.41) is 12.5. The van der Waals surface area contributed by atoms with E-state index in [1.807, 2.05) is 0 Å². The zero-order valence-electron chi connectivity index (χ0n) is 12.8. The summed E-state index contributed by atoms with van der Waals surface area (Å²) in [4.78, 5) is 11.1. The molecule has 1 heterocycles. The number of anilines is 1. The number of hydrogen-bond donors (Lipinski definition) is 2. The molecule has 1 fully saturated rings. The van der Waals surface area contributed by atoms with Crippen molar-refractivity contribution in [3.8, 4) is 5.75 Å². The van der Waals surface area contributed by atoms with Crippen molar-refractivity contribution >= 4 is 11.7 Å². The monoisotopic (exact) mass is 293 g/mol. The lowest BCUT2D eigenvalue weighted by molar-refractivity contribution is -0.0161. The molecule has 2 N–H and O–H groups in total. The Labute approximate surface area is 125 Å². The van der Waals surface area contributed by atoms with Crippen LogP contribution in [0.15, 0.2) is 18.2 Å². The number of aromatic carboxylic acids is 1. The Kier molecular flexibility index (Phi) is 5.07. The van der Waals surface area contributed by atoms with Crippen LogP contribution in [0.25, 0.3) is 0 Å². The molecule has 5 nitrogen and oxygen atoms in total. The Hall–Kier alpha value is -1.75. The number of rotatable bonds is 5. The molecule has 0 amide bonds. The van der Waals surface area contributed by atoms with E-state index in [-0.39, 0.29) is 17.7 Å². The van der Waals surface area contributed by atoms with Gasteiger partial charge in [0.25, 0.3) is 0 Å². The highest BCUT2D eigenvalue weighted by Gasteiger charge is 2.25. The van der Waals surface area contributed by atoms with Gasteiger partial charge in [-0.05, 0) is 37.0 Å². The zero-order chi connectivity index (χ0) is 15.4. The van der Waals surface area contributed by atoms with Gasteiger partial charge >= 0.3 is 5.97 Å². The molecular formula is C16H23NO4. The largest absolute Gasteiger partial charge is 0.495 e. The van der Waals surface area contributed by atoms with Crippen LogP contribution in [0.2, 0.25) is 0 Å². The SMILES string of the molecule is COc1ccc(C(=O)O)cc1NC1CCOC(C(C)C)C1. The van der Waals surface area contributed by atoms with Crippen molar-refractivity contribution in [2.24, 2.45) is 5.92 Å². The second-order valence-corrected chi connectivity index (χ2v) is 5.74. The summed E-state index contributed by atoms with van der Waals surface area (Å²) in [5.74, 6) is 0.196. The minimum absolute atomic E-state index is 0.241. The van der Waals surface area contributed by atoms with Gasteiger partial charge in [0.1, 0.15) is 5.75 Å². The third-order valence-electron chi connectivity index (χ3n) is 3.86. The van der Waals surface area contributed by atoms with Gasteiger partial charge in [-0.15, -0.1) is 0 Å². The predicted octanol–water partition coefficient (Wildman–Crippen LogP) is 3.01. The second-order valence-electron chi connectivity index (χ2n) is 5.74. The molecule has 1 aliphatic heterocycles. The van der Waals surface area contributed by atoms with Crippen LogP contribution < -0.4 is 10.1 Å². The van der Waals surface area contributed by atoms with Crippen LogP contribution in [0.5, 0.6) is 5.75 Å². The minimum Gasteiger partial charge on any atom is -0.495 e. The molecule has 0 aromatic heterocycles.